The van der Waals surface area contributed by atoms with Gasteiger partial charge in [-0.05, 0) is 68.1 Å². The van der Waals surface area contributed by atoms with Crippen LogP contribution in [-0.4, -0.2) is 27.5 Å². The molecular weight excluding hydrogens is 400 g/mol. The Balaban J connectivity index is 1.64. The van der Waals surface area contributed by atoms with E-state index in [2.05, 4.69) is 4.72 Å². The third-order valence-corrected chi connectivity index (χ3v) is 6.75. The van der Waals surface area contributed by atoms with E-state index < -0.39 is 10.0 Å². The van der Waals surface area contributed by atoms with Gasteiger partial charge in [-0.1, -0.05) is 11.6 Å². The molecule has 148 valence electrons. The van der Waals surface area contributed by atoms with Gasteiger partial charge in [0.1, 0.15) is 5.75 Å². The van der Waals surface area contributed by atoms with Gasteiger partial charge in [-0.15, -0.1) is 0 Å². The summed E-state index contributed by atoms with van der Waals surface area (Å²) in [5.74, 6) is 0.640. The molecule has 1 saturated carbocycles. The summed E-state index contributed by atoms with van der Waals surface area (Å²) >= 11 is 5.99. The molecule has 1 heterocycles. The van der Waals surface area contributed by atoms with E-state index in [4.69, 9.17) is 16.3 Å². The number of nitrogens with one attached hydrogen (secondary N) is 1. The number of carbonyl (C=O) groups excluding carboxylic acids is 1. The molecule has 1 atom stereocenters. The van der Waals surface area contributed by atoms with Crippen molar-refractivity contribution in [1.29, 1.82) is 0 Å². The van der Waals surface area contributed by atoms with Gasteiger partial charge in [0.15, 0.2) is 0 Å². The van der Waals surface area contributed by atoms with E-state index in [1.165, 1.54) is 19.2 Å². The quantitative estimate of drug-likeness (QED) is 0.797. The molecule has 0 bridgehead atoms. The van der Waals surface area contributed by atoms with Crippen molar-refractivity contribution in [3.8, 4) is 5.75 Å². The lowest BCUT2D eigenvalue weighted by atomic mass is 10.1. The van der Waals surface area contributed by atoms with E-state index >= 15 is 0 Å². The highest BCUT2D eigenvalue weighted by Crippen LogP contribution is 2.40. The summed E-state index contributed by atoms with van der Waals surface area (Å²) in [6.07, 6.45) is 2.52. The summed E-state index contributed by atoms with van der Waals surface area (Å²) in [7, 11) is -2.37. The Labute approximate surface area is 169 Å². The number of anilines is 2. The van der Waals surface area contributed by atoms with Crippen molar-refractivity contribution in [2.75, 3.05) is 16.7 Å². The minimum atomic E-state index is -3.84. The smallest absolute Gasteiger partial charge is 0.262 e. The molecule has 6 nitrogen and oxygen atoms in total. The van der Waals surface area contributed by atoms with Crippen molar-refractivity contribution in [1.82, 2.24) is 0 Å². The van der Waals surface area contributed by atoms with Crippen LogP contribution >= 0.6 is 11.6 Å². The minimum Gasteiger partial charge on any atom is -0.495 e. The summed E-state index contributed by atoms with van der Waals surface area (Å²) in [6.45, 7) is 1.99. The van der Waals surface area contributed by atoms with Crippen molar-refractivity contribution in [2.24, 2.45) is 5.92 Å². The average Bonchev–Trinajstić information content (AvgIpc) is 3.43. The average molecular weight is 421 g/mol. The van der Waals surface area contributed by atoms with E-state index in [0.29, 0.717) is 17.2 Å². The monoisotopic (exact) mass is 420 g/mol. The van der Waals surface area contributed by atoms with Crippen LogP contribution in [0.1, 0.15) is 25.3 Å². The van der Waals surface area contributed by atoms with Crippen LogP contribution in [0.25, 0.3) is 0 Å². The number of fused-ring (bicyclic) bond motifs is 1. The predicted molar refractivity (Wildman–Crippen MR) is 109 cm³/mol. The van der Waals surface area contributed by atoms with E-state index in [0.717, 1.165) is 24.1 Å². The first-order chi connectivity index (χ1) is 13.3. The Morgan fingerprint density at radius 3 is 2.64 bits per heavy atom. The Hall–Kier alpha value is -2.25. The molecule has 1 amide bonds. The van der Waals surface area contributed by atoms with Gasteiger partial charge in [-0.2, -0.15) is 0 Å². The molecule has 0 aromatic heterocycles. The minimum absolute atomic E-state index is 0.0297. The van der Waals surface area contributed by atoms with Crippen LogP contribution in [0.5, 0.6) is 5.75 Å². The molecule has 1 N–H and O–H groups in total. The summed E-state index contributed by atoms with van der Waals surface area (Å²) in [5, 5.41) is 0.399. The Morgan fingerprint density at radius 2 is 1.96 bits per heavy atom. The third-order valence-electron chi connectivity index (χ3n) is 5.15. The molecule has 2 aromatic rings. The first kappa shape index (κ1) is 19.1. The van der Waals surface area contributed by atoms with Crippen LogP contribution in [0.3, 0.4) is 0 Å². The molecule has 2 aliphatic rings. The summed E-state index contributed by atoms with van der Waals surface area (Å²) in [6, 6.07) is 9.66. The van der Waals surface area contributed by atoms with Crippen LogP contribution in [0.15, 0.2) is 41.3 Å². The number of benzene rings is 2. The van der Waals surface area contributed by atoms with Gasteiger partial charge in [0.2, 0.25) is 5.91 Å². The summed E-state index contributed by atoms with van der Waals surface area (Å²) < 4.78 is 33.6. The number of amides is 1. The van der Waals surface area contributed by atoms with E-state index in [1.807, 2.05) is 11.8 Å². The van der Waals surface area contributed by atoms with Gasteiger partial charge in [0.05, 0.1) is 17.7 Å². The second-order valence-corrected chi connectivity index (χ2v) is 9.40. The van der Waals surface area contributed by atoms with Gasteiger partial charge in [0.25, 0.3) is 10.0 Å². The number of methoxy groups -OCH3 is 1. The second-order valence-electron chi connectivity index (χ2n) is 7.28. The van der Waals surface area contributed by atoms with Crippen molar-refractivity contribution >= 4 is 38.9 Å². The molecule has 2 aromatic carbocycles. The van der Waals surface area contributed by atoms with Crippen LogP contribution in [0, 0.1) is 5.92 Å². The highest BCUT2D eigenvalue weighted by molar-refractivity contribution is 7.92. The Bertz CT molecular complexity index is 1050. The number of hydrogen-bond acceptors (Lipinski definition) is 4. The predicted octanol–water partition coefficient (Wildman–Crippen LogP) is 3.84. The highest BCUT2D eigenvalue weighted by atomic mass is 35.5. The SMILES string of the molecule is COc1ccc(Cl)cc1NS(=O)(=O)c1ccc2c(c1)C[C@H](C)N2C(=O)C1CC1. The van der Waals surface area contributed by atoms with Crippen molar-refractivity contribution in [2.45, 2.75) is 37.1 Å². The summed E-state index contributed by atoms with van der Waals surface area (Å²) in [5.41, 5.74) is 1.94. The van der Waals surface area contributed by atoms with E-state index in [-0.39, 0.29) is 28.4 Å². The fraction of sp³-hybridized carbons (Fsp3) is 0.350. The molecule has 28 heavy (non-hydrogen) atoms. The molecular formula is C20H21ClN2O4S. The molecule has 0 saturated heterocycles. The largest absolute Gasteiger partial charge is 0.495 e. The third kappa shape index (κ3) is 3.44. The van der Waals surface area contributed by atoms with Crippen molar-refractivity contribution < 1.29 is 17.9 Å². The number of nitrogens with zero attached hydrogens (tertiary/aromatic N) is 1. The van der Waals surface area contributed by atoms with Crippen LogP contribution in [-0.2, 0) is 21.2 Å². The van der Waals surface area contributed by atoms with Gasteiger partial charge in [-0.3, -0.25) is 9.52 Å². The maximum Gasteiger partial charge on any atom is 0.262 e. The van der Waals surface area contributed by atoms with Crippen molar-refractivity contribution in [3.05, 3.63) is 47.0 Å². The maximum atomic E-state index is 12.9. The van der Waals surface area contributed by atoms with E-state index in [9.17, 15) is 13.2 Å². The molecule has 4 rings (SSSR count). The number of halogens is 1. The number of rotatable bonds is 5. The van der Waals surface area contributed by atoms with Gasteiger partial charge >= 0.3 is 0 Å². The molecule has 0 radical (unpaired) electrons. The van der Waals surface area contributed by atoms with Crippen LogP contribution in [0.4, 0.5) is 11.4 Å². The maximum absolute atomic E-state index is 12.9. The number of hydrogen-bond donors (Lipinski definition) is 1. The topological polar surface area (TPSA) is 75.7 Å². The fourth-order valence-electron chi connectivity index (χ4n) is 3.60. The zero-order valence-corrected chi connectivity index (χ0v) is 17.2. The Kier molecular flexibility index (Phi) is 4.75. The zero-order valence-electron chi connectivity index (χ0n) is 15.6. The number of carbonyl (C=O) groups is 1. The molecule has 8 heteroatoms. The summed E-state index contributed by atoms with van der Waals surface area (Å²) in [4.78, 5) is 14.5. The Morgan fingerprint density at radius 1 is 1.21 bits per heavy atom. The molecule has 0 spiro atoms. The molecule has 1 fully saturated rings. The van der Waals surface area contributed by atoms with Gasteiger partial charge in [0, 0.05) is 22.7 Å². The highest BCUT2D eigenvalue weighted by Gasteiger charge is 2.39. The van der Waals surface area contributed by atoms with Crippen molar-refractivity contribution in [3.63, 3.8) is 0 Å². The first-order valence-electron chi connectivity index (χ1n) is 9.12. The van der Waals surface area contributed by atoms with Gasteiger partial charge in [-0.25, -0.2) is 8.42 Å². The number of sulfonamides is 1. The lowest BCUT2D eigenvalue weighted by molar-refractivity contribution is -0.120. The van der Waals surface area contributed by atoms with E-state index in [1.54, 1.807) is 24.3 Å². The lowest BCUT2D eigenvalue weighted by Crippen LogP contribution is -2.36. The van der Waals surface area contributed by atoms with Gasteiger partial charge < -0.3 is 9.64 Å². The fourth-order valence-corrected chi connectivity index (χ4v) is 4.88. The lowest BCUT2D eigenvalue weighted by Gasteiger charge is -2.22. The first-order valence-corrected chi connectivity index (χ1v) is 11.0. The standard InChI is InChI=1S/C20H21ClN2O4S/c1-12-9-14-10-16(6-7-18(14)23(12)20(24)13-3-4-13)28(25,26)22-17-11-15(21)5-8-19(17)27-2/h5-8,10-13,22H,3-4,9H2,1-2H3/t12-/m0/s1. The van der Waals surface area contributed by atoms with Crippen LogP contribution in [0.2, 0.25) is 5.02 Å². The number of ether oxygens (including phenoxy) is 1. The zero-order chi connectivity index (χ0) is 20.1. The molecule has 0 unspecified atom stereocenters. The van der Waals surface area contributed by atoms with Crippen LogP contribution < -0.4 is 14.4 Å². The second kappa shape index (κ2) is 6.97. The molecule has 1 aliphatic heterocycles. The molecule has 1 aliphatic carbocycles. The normalized spacial score (nSPS) is 18.7.